The molecule has 2 heteroatoms. The SMILES string of the molecule is CCCCCO[Si]C. The van der Waals surface area contributed by atoms with Gasteiger partial charge in [-0.3, -0.25) is 0 Å². The average molecular weight is 130 g/mol. The van der Waals surface area contributed by atoms with Crippen molar-refractivity contribution in [2.45, 2.75) is 32.7 Å². The number of hydrogen-bond donors (Lipinski definition) is 0. The van der Waals surface area contributed by atoms with Crippen LogP contribution in [0.5, 0.6) is 0 Å². The quantitative estimate of drug-likeness (QED) is 0.408. The van der Waals surface area contributed by atoms with E-state index in [1.54, 1.807) is 0 Å². The van der Waals surface area contributed by atoms with Crippen molar-refractivity contribution in [3.63, 3.8) is 0 Å². The monoisotopic (exact) mass is 130 g/mol. The predicted molar refractivity (Wildman–Crippen MR) is 37.1 cm³/mol. The summed E-state index contributed by atoms with van der Waals surface area (Å²) in [5.74, 6) is 0. The van der Waals surface area contributed by atoms with Crippen molar-refractivity contribution in [2.75, 3.05) is 6.61 Å². The average Bonchev–Trinajstić information content (AvgIpc) is 1.81. The van der Waals surface area contributed by atoms with Gasteiger partial charge in [-0.1, -0.05) is 19.8 Å². The van der Waals surface area contributed by atoms with Crippen molar-refractivity contribution < 1.29 is 4.43 Å². The molecule has 0 aromatic heterocycles. The van der Waals surface area contributed by atoms with Crippen molar-refractivity contribution in [2.24, 2.45) is 0 Å². The second-order valence-corrected chi connectivity index (χ2v) is 2.46. The summed E-state index contributed by atoms with van der Waals surface area (Å²) in [5.41, 5.74) is 0. The molecule has 8 heavy (non-hydrogen) atoms. The molecule has 0 bridgehead atoms. The second kappa shape index (κ2) is 7.18. The molecule has 0 aromatic carbocycles. The first kappa shape index (κ1) is 8.18. The first-order chi connectivity index (χ1) is 3.91. The molecule has 0 atom stereocenters. The zero-order valence-electron chi connectivity index (χ0n) is 5.74. The van der Waals surface area contributed by atoms with Crippen LogP contribution in [0.15, 0.2) is 0 Å². The molecule has 0 heterocycles. The molecule has 0 N–H and O–H groups in total. The van der Waals surface area contributed by atoms with Crippen molar-refractivity contribution in [1.82, 2.24) is 0 Å². The summed E-state index contributed by atoms with van der Waals surface area (Å²) < 4.78 is 5.16. The van der Waals surface area contributed by atoms with Crippen LogP contribution in [0.4, 0.5) is 0 Å². The smallest absolute Gasteiger partial charge is 0.226 e. The van der Waals surface area contributed by atoms with E-state index >= 15 is 0 Å². The Bertz CT molecular complexity index is 33.5. The highest BCUT2D eigenvalue weighted by atomic mass is 28.2. The van der Waals surface area contributed by atoms with Gasteiger partial charge in [0, 0.05) is 6.61 Å². The molecule has 0 aliphatic heterocycles. The van der Waals surface area contributed by atoms with Crippen LogP contribution in [-0.4, -0.2) is 16.4 Å². The molecule has 0 spiro atoms. The third kappa shape index (κ3) is 6.18. The Kier molecular flexibility index (Phi) is 7.34. The molecule has 1 nitrogen and oxygen atoms in total. The van der Waals surface area contributed by atoms with Gasteiger partial charge in [-0.2, -0.15) is 0 Å². The third-order valence-corrected chi connectivity index (χ3v) is 1.49. The van der Waals surface area contributed by atoms with E-state index in [0.29, 0.717) is 9.76 Å². The molecule has 0 aromatic rings. The van der Waals surface area contributed by atoms with Gasteiger partial charge in [-0.25, -0.2) is 0 Å². The van der Waals surface area contributed by atoms with Crippen molar-refractivity contribution in [3.05, 3.63) is 0 Å². The Morgan fingerprint density at radius 2 is 2.12 bits per heavy atom. The maximum atomic E-state index is 5.16. The van der Waals surface area contributed by atoms with E-state index < -0.39 is 0 Å². The van der Waals surface area contributed by atoms with Gasteiger partial charge < -0.3 is 4.43 Å². The molecule has 0 fully saturated rings. The Balaban J connectivity index is 2.53. The molecule has 0 unspecified atom stereocenters. The molecule has 0 saturated heterocycles. The fraction of sp³-hybridized carbons (Fsp3) is 1.00. The van der Waals surface area contributed by atoms with Crippen LogP contribution >= 0.6 is 0 Å². The molecule has 0 aliphatic carbocycles. The van der Waals surface area contributed by atoms with Gasteiger partial charge in [-0.15, -0.1) is 0 Å². The normalized spacial score (nSPS) is 9.75. The maximum absolute atomic E-state index is 5.16. The second-order valence-electron chi connectivity index (χ2n) is 1.76. The van der Waals surface area contributed by atoms with E-state index in [1.807, 2.05) is 0 Å². The van der Waals surface area contributed by atoms with Crippen LogP contribution in [0.1, 0.15) is 26.2 Å². The van der Waals surface area contributed by atoms with E-state index in [-0.39, 0.29) is 0 Å². The van der Waals surface area contributed by atoms with Gasteiger partial charge in [-0.05, 0) is 13.0 Å². The van der Waals surface area contributed by atoms with Gasteiger partial charge in [0.25, 0.3) is 0 Å². The molecule has 0 aliphatic rings. The van der Waals surface area contributed by atoms with E-state index in [1.165, 1.54) is 19.3 Å². The lowest BCUT2D eigenvalue weighted by atomic mass is 10.3. The lowest BCUT2D eigenvalue weighted by Gasteiger charge is -1.96. The highest BCUT2D eigenvalue weighted by Gasteiger charge is 1.83. The zero-order valence-corrected chi connectivity index (χ0v) is 6.74. The Hall–Kier alpha value is 0.177. The topological polar surface area (TPSA) is 9.23 Å². The van der Waals surface area contributed by atoms with Crippen molar-refractivity contribution in [1.29, 1.82) is 0 Å². The largest absolute Gasteiger partial charge is 0.418 e. The minimum absolute atomic E-state index is 0.669. The molecule has 2 radical (unpaired) electrons. The van der Waals surface area contributed by atoms with Gasteiger partial charge >= 0.3 is 0 Å². The van der Waals surface area contributed by atoms with Crippen molar-refractivity contribution in [3.8, 4) is 0 Å². The fourth-order valence-corrected chi connectivity index (χ4v) is 0.875. The van der Waals surface area contributed by atoms with Crippen LogP contribution in [0, 0.1) is 0 Å². The minimum atomic E-state index is 0.669. The summed E-state index contributed by atoms with van der Waals surface area (Å²) in [4.78, 5) is 0. The van der Waals surface area contributed by atoms with Crippen LogP contribution < -0.4 is 0 Å². The van der Waals surface area contributed by atoms with Gasteiger partial charge in [0.2, 0.25) is 9.76 Å². The van der Waals surface area contributed by atoms with Crippen LogP contribution in [0.2, 0.25) is 6.55 Å². The van der Waals surface area contributed by atoms with Gasteiger partial charge in [0.15, 0.2) is 0 Å². The highest BCUT2D eigenvalue weighted by molar-refractivity contribution is 6.24. The summed E-state index contributed by atoms with van der Waals surface area (Å²) in [6.07, 6.45) is 3.83. The standard InChI is InChI=1S/C6H14OSi/c1-3-4-5-6-7-8-2/h3-6H2,1-2H3. The third-order valence-electron chi connectivity index (χ3n) is 0.994. The molecular weight excluding hydrogens is 116 g/mol. The summed E-state index contributed by atoms with van der Waals surface area (Å²) in [7, 11) is 0.669. The number of unbranched alkanes of at least 4 members (excludes halogenated alkanes) is 2. The zero-order chi connectivity index (χ0) is 6.24. The summed E-state index contributed by atoms with van der Waals surface area (Å²) in [5, 5.41) is 0. The highest BCUT2D eigenvalue weighted by Crippen LogP contribution is 1.92. The Labute approximate surface area is 54.4 Å². The van der Waals surface area contributed by atoms with E-state index in [2.05, 4.69) is 13.5 Å². The lowest BCUT2D eigenvalue weighted by Crippen LogP contribution is -1.94. The Morgan fingerprint density at radius 3 is 2.62 bits per heavy atom. The van der Waals surface area contributed by atoms with Gasteiger partial charge in [0.1, 0.15) is 0 Å². The summed E-state index contributed by atoms with van der Waals surface area (Å²) in [6, 6.07) is 0. The van der Waals surface area contributed by atoms with Crippen LogP contribution in [0.3, 0.4) is 0 Å². The van der Waals surface area contributed by atoms with Crippen LogP contribution in [0.25, 0.3) is 0 Å². The summed E-state index contributed by atoms with van der Waals surface area (Å²) >= 11 is 0. The number of hydrogen-bond acceptors (Lipinski definition) is 1. The lowest BCUT2D eigenvalue weighted by molar-refractivity contribution is 0.325. The fourth-order valence-electron chi connectivity index (χ4n) is 0.526. The first-order valence-electron chi connectivity index (χ1n) is 3.20. The molecular formula is C6H14OSi. The first-order valence-corrected chi connectivity index (χ1v) is 4.61. The van der Waals surface area contributed by atoms with E-state index in [0.717, 1.165) is 6.61 Å². The Morgan fingerprint density at radius 1 is 1.38 bits per heavy atom. The summed E-state index contributed by atoms with van der Waals surface area (Å²) in [6.45, 7) is 5.23. The maximum Gasteiger partial charge on any atom is 0.226 e. The molecule has 0 amide bonds. The van der Waals surface area contributed by atoms with Crippen LogP contribution in [-0.2, 0) is 4.43 Å². The number of rotatable bonds is 5. The predicted octanol–water partition coefficient (Wildman–Crippen LogP) is 1.86. The molecule has 0 rings (SSSR count). The minimum Gasteiger partial charge on any atom is -0.418 e. The molecule has 48 valence electrons. The van der Waals surface area contributed by atoms with Crippen molar-refractivity contribution >= 4 is 9.76 Å². The van der Waals surface area contributed by atoms with Gasteiger partial charge in [0.05, 0.1) is 0 Å². The molecule has 0 saturated carbocycles. The van der Waals surface area contributed by atoms with E-state index in [9.17, 15) is 0 Å². The van der Waals surface area contributed by atoms with E-state index in [4.69, 9.17) is 4.43 Å².